The summed E-state index contributed by atoms with van der Waals surface area (Å²) in [6.07, 6.45) is -4.67. The Bertz CT molecular complexity index is 605. The first-order valence-electron chi connectivity index (χ1n) is 4.30. The predicted octanol–water partition coefficient (Wildman–Crippen LogP) is 2.07. The van der Waals surface area contributed by atoms with Gasteiger partial charge in [-0.25, -0.2) is 0 Å². The number of aromatic amines is 1. The van der Waals surface area contributed by atoms with E-state index in [2.05, 4.69) is 10.2 Å². The van der Waals surface area contributed by atoms with E-state index >= 15 is 0 Å². The highest BCUT2D eigenvalue weighted by Crippen LogP contribution is 2.37. The number of nitrogens with two attached hydrogens (primary N) is 1. The molecule has 17 heavy (non-hydrogen) atoms. The molecule has 0 saturated heterocycles. The van der Waals surface area contributed by atoms with Crippen LogP contribution < -0.4 is 5.73 Å². The summed E-state index contributed by atoms with van der Waals surface area (Å²) in [5, 5.41) is 16.2. The summed E-state index contributed by atoms with van der Waals surface area (Å²) in [5.74, 6) is -0.208. The average Bonchev–Trinajstić information content (AvgIpc) is 2.58. The number of aromatic nitrogens is 2. The van der Waals surface area contributed by atoms with Crippen molar-refractivity contribution in [2.45, 2.75) is 6.18 Å². The quantitative estimate of drug-likeness (QED) is 0.594. The summed E-state index contributed by atoms with van der Waals surface area (Å²) < 4.78 is 37.4. The number of rotatable bonds is 1. The van der Waals surface area contributed by atoms with Gasteiger partial charge in [0, 0.05) is 6.07 Å². The van der Waals surface area contributed by atoms with Crippen molar-refractivity contribution >= 4 is 22.4 Å². The lowest BCUT2D eigenvalue weighted by molar-refractivity contribution is -0.383. The van der Waals surface area contributed by atoms with Crippen molar-refractivity contribution < 1.29 is 18.1 Å². The van der Waals surface area contributed by atoms with Gasteiger partial charge < -0.3 is 5.73 Å². The zero-order chi connectivity index (χ0) is 12.8. The van der Waals surface area contributed by atoms with Crippen molar-refractivity contribution in [3.05, 3.63) is 27.8 Å². The first kappa shape index (κ1) is 11.2. The highest BCUT2D eigenvalue weighted by atomic mass is 19.4. The largest absolute Gasteiger partial charge is 0.416 e. The van der Waals surface area contributed by atoms with Gasteiger partial charge in [-0.05, 0) is 6.07 Å². The first-order valence-corrected chi connectivity index (χ1v) is 4.30. The molecule has 0 radical (unpaired) electrons. The predicted molar refractivity (Wildman–Crippen MR) is 52.2 cm³/mol. The van der Waals surface area contributed by atoms with Crippen LogP contribution in [0.25, 0.3) is 10.9 Å². The zero-order valence-electron chi connectivity index (χ0n) is 8.08. The monoisotopic (exact) mass is 246 g/mol. The second-order valence-corrected chi connectivity index (χ2v) is 3.28. The SMILES string of the molecule is Nc1n[nH]c2cc(C(F)(F)F)cc([N+](=O)[O-])c12. The normalized spacial score (nSPS) is 11.9. The molecular formula is C8H5F3N4O2. The Hall–Kier alpha value is -2.32. The molecule has 0 atom stereocenters. The number of hydrogen-bond acceptors (Lipinski definition) is 4. The van der Waals surface area contributed by atoms with Gasteiger partial charge in [-0.15, -0.1) is 0 Å². The number of alkyl halides is 3. The molecule has 0 fully saturated rings. The fourth-order valence-electron chi connectivity index (χ4n) is 1.47. The molecule has 0 spiro atoms. The Kier molecular flexibility index (Phi) is 2.19. The lowest BCUT2D eigenvalue weighted by Crippen LogP contribution is -2.06. The number of fused-ring (bicyclic) bond motifs is 1. The maximum Gasteiger partial charge on any atom is 0.416 e. The number of nitrogens with one attached hydrogen (secondary N) is 1. The standard InChI is InChI=1S/C8H5F3N4O2/c9-8(10,11)3-1-4-6(7(12)14-13-4)5(2-3)15(16)17/h1-2H,(H3,12,13,14). The van der Waals surface area contributed by atoms with Crippen LogP contribution in [0.1, 0.15) is 5.56 Å². The van der Waals surface area contributed by atoms with E-state index in [1.54, 1.807) is 0 Å². The Morgan fingerprint density at radius 2 is 2.06 bits per heavy atom. The van der Waals surface area contributed by atoms with Gasteiger partial charge in [-0.3, -0.25) is 15.2 Å². The van der Waals surface area contributed by atoms with E-state index in [0.717, 1.165) is 6.07 Å². The lowest BCUT2D eigenvalue weighted by atomic mass is 10.1. The summed E-state index contributed by atoms with van der Waals surface area (Å²) in [6.45, 7) is 0. The summed E-state index contributed by atoms with van der Waals surface area (Å²) in [7, 11) is 0. The number of nitrogen functional groups attached to an aromatic ring is 1. The van der Waals surface area contributed by atoms with E-state index < -0.39 is 22.4 Å². The van der Waals surface area contributed by atoms with Crippen LogP contribution in [0.3, 0.4) is 0 Å². The van der Waals surface area contributed by atoms with Crippen LogP contribution in [0.5, 0.6) is 0 Å². The molecule has 0 amide bonds. The third kappa shape index (κ3) is 1.75. The fraction of sp³-hybridized carbons (Fsp3) is 0.125. The van der Waals surface area contributed by atoms with Gasteiger partial charge >= 0.3 is 6.18 Å². The van der Waals surface area contributed by atoms with E-state index in [-0.39, 0.29) is 16.7 Å². The maximum absolute atomic E-state index is 12.5. The van der Waals surface area contributed by atoms with Crippen molar-refractivity contribution in [1.82, 2.24) is 10.2 Å². The molecule has 0 unspecified atom stereocenters. The van der Waals surface area contributed by atoms with Gasteiger partial charge in [-0.1, -0.05) is 0 Å². The molecule has 1 heterocycles. The van der Waals surface area contributed by atoms with Gasteiger partial charge in [0.25, 0.3) is 5.69 Å². The smallest absolute Gasteiger partial charge is 0.381 e. The van der Waals surface area contributed by atoms with Crippen LogP contribution >= 0.6 is 0 Å². The minimum absolute atomic E-state index is 0.121. The van der Waals surface area contributed by atoms with Crippen molar-refractivity contribution in [3.8, 4) is 0 Å². The summed E-state index contributed by atoms with van der Waals surface area (Å²) >= 11 is 0. The van der Waals surface area contributed by atoms with Crippen molar-refractivity contribution in [1.29, 1.82) is 0 Å². The van der Waals surface area contributed by atoms with Gasteiger partial charge in [0.2, 0.25) is 0 Å². The Morgan fingerprint density at radius 1 is 1.41 bits per heavy atom. The average molecular weight is 246 g/mol. The number of benzene rings is 1. The van der Waals surface area contributed by atoms with Crippen LogP contribution in [0.4, 0.5) is 24.7 Å². The van der Waals surface area contributed by atoms with E-state index in [4.69, 9.17) is 5.73 Å². The number of anilines is 1. The van der Waals surface area contributed by atoms with E-state index in [1.807, 2.05) is 0 Å². The van der Waals surface area contributed by atoms with Crippen molar-refractivity contribution in [2.24, 2.45) is 0 Å². The molecule has 0 aliphatic rings. The highest BCUT2D eigenvalue weighted by Gasteiger charge is 2.34. The number of halogens is 3. The Morgan fingerprint density at radius 3 is 2.59 bits per heavy atom. The molecule has 1 aromatic heterocycles. The molecule has 6 nitrogen and oxygen atoms in total. The van der Waals surface area contributed by atoms with Gasteiger partial charge in [0.1, 0.15) is 5.39 Å². The minimum Gasteiger partial charge on any atom is -0.381 e. The zero-order valence-corrected chi connectivity index (χ0v) is 8.08. The fourth-order valence-corrected chi connectivity index (χ4v) is 1.47. The number of nitro benzene ring substituents is 1. The van der Waals surface area contributed by atoms with Gasteiger partial charge in [0.15, 0.2) is 5.82 Å². The second-order valence-electron chi connectivity index (χ2n) is 3.28. The molecule has 0 aliphatic heterocycles. The topological polar surface area (TPSA) is 97.8 Å². The van der Waals surface area contributed by atoms with Gasteiger partial charge in [-0.2, -0.15) is 18.3 Å². The number of H-pyrrole nitrogens is 1. The Balaban J connectivity index is 2.83. The minimum atomic E-state index is -4.67. The van der Waals surface area contributed by atoms with Crippen LogP contribution in [0, 0.1) is 10.1 Å². The van der Waals surface area contributed by atoms with Crippen LogP contribution in [-0.2, 0) is 6.18 Å². The maximum atomic E-state index is 12.5. The van der Waals surface area contributed by atoms with E-state index in [1.165, 1.54) is 0 Å². The lowest BCUT2D eigenvalue weighted by Gasteiger charge is -2.06. The summed E-state index contributed by atoms with van der Waals surface area (Å²) in [4.78, 5) is 9.76. The second kappa shape index (κ2) is 3.34. The number of hydrogen-bond donors (Lipinski definition) is 2. The molecule has 2 aromatic rings. The molecular weight excluding hydrogens is 241 g/mol. The molecule has 3 N–H and O–H groups in total. The third-order valence-corrected chi connectivity index (χ3v) is 2.19. The third-order valence-electron chi connectivity index (χ3n) is 2.19. The molecule has 9 heteroatoms. The summed E-state index contributed by atoms with van der Waals surface area (Å²) in [6, 6.07) is 1.17. The number of nitro groups is 1. The van der Waals surface area contributed by atoms with Crippen molar-refractivity contribution in [2.75, 3.05) is 5.73 Å². The molecule has 0 aliphatic carbocycles. The highest BCUT2D eigenvalue weighted by molar-refractivity contribution is 5.97. The first-order chi connectivity index (χ1) is 7.80. The van der Waals surface area contributed by atoms with Crippen molar-refractivity contribution in [3.63, 3.8) is 0 Å². The summed E-state index contributed by atoms with van der Waals surface area (Å²) in [5.41, 5.74) is 3.38. The molecule has 1 aromatic carbocycles. The molecule has 0 bridgehead atoms. The van der Waals surface area contributed by atoms with Crippen LogP contribution in [0.2, 0.25) is 0 Å². The van der Waals surface area contributed by atoms with Crippen LogP contribution in [-0.4, -0.2) is 15.1 Å². The van der Waals surface area contributed by atoms with Crippen LogP contribution in [0.15, 0.2) is 12.1 Å². The Labute approximate surface area is 91.4 Å². The van der Waals surface area contributed by atoms with E-state index in [0.29, 0.717) is 6.07 Å². The molecule has 0 saturated carbocycles. The molecule has 90 valence electrons. The van der Waals surface area contributed by atoms with Gasteiger partial charge in [0.05, 0.1) is 16.0 Å². The molecule has 2 rings (SSSR count). The number of non-ortho nitro benzene ring substituents is 1. The van der Waals surface area contributed by atoms with E-state index in [9.17, 15) is 23.3 Å². The number of nitrogens with zero attached hydrogens (tertiary/aromatic N) is 2.